The van der Waals surface area contributed by atoms with Gasteiger partial charge in [-0.1, -0.05) is 19.1 Å². The van der Waals surface area contributed by atoms with Crippen LogP contribution in [0, 0.1) is 5.82 Å². The predicted molar refractivity (Wildman–Crippen MR) is 65.6 cm³/mol. The average molecular weight is 260 g/mol. The third kappa shape index (κ3) is 5.76. The molecule has 0 fully saturated rings. The van der Waals surface area contributed by atoms with Gasteiger partial charge in [-0.05, 0) is 24.2 Å². The molecule has 4 nitrogen and oxygen atoms in total. The number of nitrogens with one attached hydrogen (secondary N) is 2. The summed E-state index contributed by atoms with van der Waals surface area (Å²) in [5.41, 5.74) is 0.608. The fraction of sp³-hybridized carbons (Fsp3) is 0.455. The van der Waals surface area contributed by atoms with Gasteiger partial charge >= 0.3 is 0 Å². The van der Waals surface area contributed by atoms with E-state index in [-0.39, 0.29) is 18.1 Å². The van der Waals surface area contributed by atoms with Gasteiger partial charge in [-0.25, -0.2) is 17.5 Å². The third-order valence-corrected chi connectivity index (χ3v) is 3.51. The maximum absolute atomic E-state index is 12.8. The Morgan fingerprint density at radius 1 is 1.35 bits per heavy atom. The zero-order valence-corrected chi connectivity index (χ0v) is 10.6. The van der Waals surface area contributed by atoms with Crippen molar-refractivity contribution in [1.82, 2.24) is 10.0 Å². The standard InChI is InChI=1S/C11H17FN2O2S/c1-2-13-6-7-17(15,16)14-9-10-4-3-5-11(12)8-10/h3-5,8,13-14H,2,6-7,9H2,1H3. The van der Waals surface area contributed by atoms with E-state index in [0.29, 0.717) is 12.1 Å². The van der Waals surface area contributed by atoms with Crippen molar-refractivity contribution in [3.8, 4) is 0 Å². The monoisotopic (exact) mass is 260 g/mol. The Hall–Kier alpha value is -0.980. The van der Waals surface area contributed by atoms with E-state index < -0.39 is 10.0 Å². The molecule has 0 aliphatic carbocycles. The Morgan fingerprint density at radius 2 is 2.12 bits per heavy atom. The van der Waals surface area contributed by atoms with E-state index in [1.165, 1.54) is 12.1 Å². The van der Waals surface area contributed by atoms with Gasteiger partial charge in [-0.2, -0.15) is 0 Å². The van der Waals surface area contributed by atoms with Crippen molar-refractivity contribution < 1.29 is 12.8 Å². The highest BCUT2D eigenvalue weighted by molar-refractivity contribution is 7.89. The van der Waals surface area contributed by atoms with Crippen LogP contribution in [0.15, 0.2) is 24.3 Å². The van der Waals surface area contributed by atoms with E-state index in [9.17, 15) is 12.8 Å². The first-order valence-electron chi connectivity index (χ1n) is 5.46. The lowest BCUT2D eigenvalue weighted by Gasteiger charge is -2.07. The summed E-state index contributed by atoms with van der Waals surface area (Å²) in [5, 5.41) is 2.93. The molecule has 0 spiro atoms. The van der Waals surface area contributed by atoms with Crippen molar-refractivity contribution in [3.63, 3.8) is 0 Å². The molecule has 0 radical (unpaired) electrons. The number of hydrogen-bond donors (Lipinski definition) is 2. The summed E-state index contributed by atoms with van der Waals surface area (Å²) in [6, 6.07) is 5.86. The molecule has 0 aliphatic heterocycles. The van der Waals surface area contributed by atoms with Crippen LogP contribution < -0.4 is 10.0 Å². The second-order valence-corrected chi connectivity index (χ2v) is 5.55. The van der Waals surface area contributed by atoms with Gasteiger partial charge in [0.2, 0.25) is 10.0 Å². The quantitative estimate of drug-likeness (QED) is 0.715. The molecule has 2 N–H and O–H groups in total. The first-order valence-corrected chi connectivity index (χ1v) is 7.11. The Balaban J connectivity index is 2.44. The topological polar surface area (TPSA) is 58.2 Å². The Bertz CT molecular complexity index is 449. The van der Waals surface area contributed by atoms with Gasteiger partial charge in [0.05, 0.1) is 5.75 Å². The lowest BCUT2D eigenvalue weighted by Crippen LogP contribution is -2.31. The van der Waals surface area contributed by atoms with Crippen LogP contribution in [0.3, 0.4) is 0 Å². The van der Waals surface area contributed by atoms with Gasteiger partial charge in [0, 0.05) is 13.1 Å². The molecular formula is C11H17FN2O2S. The van der Waals surface area contributed by atoms with Gasteiger partial charge in [0.25, 0.3) is 0 Å². The second-order valence-electron chi connectivity index (χ2n) is 3.62. The van der Waals surface area contributed by atoms with Crippen LogP contribution in [0.1, 0.15) is 12.5 Å². The highest BCUT2D eigenvalue weighted by atomic mass is 32.2. The number of benzene rings is 1. The Kier molecular flexibility index (Phi) is 5.54. The summed E-state index contributed by atoms with van der Waals surface area (Å²) in [5.74, 6) is -0.342. The molecule has 1 aromatic rings. The predicted octanol–water partition coefficient (Wildman–Crippen LogP) is 0.855. The van der Waals surface area contributed by atoms with Crippen LogP contribution in [0.25, 0.3) is 0 Å². The maximum atomic E-state index is 12.8. The summed E-state index contributed by atoms with van der Waals surface area (Å²) in [4.78, 5) is 0. The lowest BCUT2D eigenvalue weighted by atomic mass is 10.2. The largest absolute Gasteiger partial charge is 0.316 e. The number of sulfonamides is 1. The highest BCUT2D eigenvalue weighted by Crippen LogP contribution is 2.03. The van der Waals surface area contributed by atoms with Gasteiger partial charge in [0.15, 0.2) is 0 Å². The first kappa shape index (κ1) is 14.1. The highest BCUT2D eigenvalue weighted by Gasteiger charge is 2.09. The minimum absolute atomic E-state index is 0.0240. The molecule has 0 atom stereocenters. The van der Waals surface area contributed by atoms with Crippen molar-refractivity contribution in [1.29, 1.82) is 0 Å². The lowest BCUT2D eigenvalue weighted by molar-refractivity contribution is 0.576. The number of hydrogen-bond acceptors (Lipinski definition) is 3. The van der Waals surface area contributed by atoms with Crippen LogP contribution in [0.4, 0.5) is 4.39 Å². The zero-order chi connectivity index (χ0) is 12.7. The van der Waals surface area contributed by atoms with Crippen molar-refractivity contribution >= 4 is 10.0 Å². The fourth-order valence-corrected chi connectivity index (χ4v) is 2.24. The smallest absolute Gasteiger partial charge is 0.213 e. The Morgan fingerprint density at radius 3 is 2.76 bits per heavy atom. The first-order chi connectivity index (χ1) is 8.03. The minimum atomic E-state index is -3.30. The number of halogens is 1. The molecule has 0 saturated heterocycles. The minimum Gasteiger partial charge on any atom is -0.316 e. The molecule has 6 heteroatoms. The number of rotatable bonds is 7. The Labute approximate surface area is 101 Å². The van der Waals surface area contributed by atoms with Crippen LogP contribution in [-0.4, -0.2) is 27.3 Å². The van der Waals surface area contributed by atoms with Gasteiger partial charge in [0.1, 0.15) is 5.82 Å². The van der Waals surface area contributed by atoms with E-state index in [4.69, 9.17) is 0 Å². The van der Waals surface area contributed by atoms with Crippen LogP contribution in [0.2, 0.25) is 0 Å². The van der Waals surface area contributed by atoms with E-state index in [1.807, 2.05) is 6.92 Å². The van der Waals surface area contributed by atoms with Crippen LogP contribution >= 0.6 is 0 Å². The molecule has 0 unspecified atom stereocenters. The summed E-state index contributed by atoms with van der Waals surface area (Å²) < 4.78 is 38.3. The van der Waals surface area contributed by atoms with Crippen LogP contribution in [-0.2, 0) is 16.6 Å². The third-order valence-electron chi connectivity index (χ3n) is 2.18. The molecule has 0 aliphatic rings. The van der Waals surface area contributed by atoms with Crippen molar-refractivity contribution in [2.75, 3.05) is 18.8 Å². The normalized spacial score (nSPS) is 11.6. The fourth-order valence-electron chi connectivity index (χ4n) is 1.30. The SMILES string of the molecule is CCNCCS(=O)(=O)NCc1cccc(F)c1. The molecule has 0 bridgehead atoms. The summed E-state index contributed by atoms with van der Waals surface area (Å²) in [6.45, 7) is 3.17. The van der Waals surface area contributed by atoms with Gasteiger partial charge in [-0.15, -0.1) is 0 Å². The molecular weight excluding hydrogens is 243 g/mol. The summed E-state index contributed by atoms with van der Waals surface area (Å²) >= 11 is 0. The average Bonchev–Trinajstić information content (AvgIpc) is 2.27. The van der Waals surface area contributed by atoms with E-state index in [0.717, 1.165) is 6.54 Å². The maximum Gasteiger partial charge on any atom is 0.213 e. The summed E-state index contributed by atoms with van der Waals surface area (Å²) in [7, 11) is -3.30. The van der Waals surface area contributed by atoms with E-state index >= 15 is 0 Å². The van der Waals surface area contributed by atoms with Crippen molar-refractivity contribution in [2.45, 2.75) is 13.5 Å². The van der Waals surface area contributed by atoms with E-state index in [1.54, 1.807) is 12.1 Å². The molecule has 17 heavy (non-hydrogen) atoms. The summed E-state index contributed by atoms with van der Waals surface area (Å²) in [6.07, 6.45) is 0. The van der Waals surface area contributed by atoms with E-state index in [2.05, 4.69) is 10.0 Å². The molecule has 0 saturated carbocycles. The van der Waals surface area contributed by atoms with Gasteiger partial charge in [-0.3, -0.25) is 0 Å². The zero-order valence-electron chi connectivity index (χ0n) is 9.74. The molecule has 0 aromatic heterocycles. The molecule has 0 heterocycles. The second kappa shape index (κ2) is 6.68. The molecule has 1 rings (SSSR count). The van der Waals surface area contributed by atoms with Crippen LogP contribution in [0.5, 0.6) is 0 Å². The molecule has 0 amide bonds. The van der Waals surface area contributed by atoms with Crippen molar-refractivity contribution in [2.24, 2.45) is 0 Å². The molecule has 96 valence electrons. The van der Waals surface area contributed by atoms with Crippen molar-refractivity contribution in [3.05, 3.63) is 35.6 Å². The molecule has 1 aromatic carbocycles. The van der Waals surface area contributed by atoms with Gasteiger partial charge < -0.3 is 5.32 Å².